The molecule has 0 radical (unpaired) electrons. The molecular weight excluding hydrogens is 256 g/mol. The molecule has 3 rings (SSSR count). The molecule has 0 saturated carbocycles. The topological polar surface area (TPSA) is 15.3 Å². The van der Waals surface area contributed by atoms with Crippen molar-refractivity contribution in [2.24, 2.45) is 0 Å². The highest BCUT2D eigenvalue weighted by Crippen LogP contribution is 2.16. The zero-order chi connectivity index (χ0) is 14.3. The van der Waals surface area contributed by atoms with Gasteiger partial charge in [0, 0.05) is 12.7 Å². The first-order chi connectivity index (χ1) is 10.4. The molecule has 1 heterocycles. The molecule has 2 aromatic carbocycles. The number of hydrogen-bond acceptors (Lipinski definition) is 2. The highest BCUT2D eigenvalue weighted by Gasteiger charge is 2.02. The van der Waals surface area contributed by atoms with Gasteiger partial charge in [-0.15, -0.1) is 0 Å². The summed E-state index contributed by atoms with van der Waals surface area (Å²) in [5.74, 6) is 0. The van der Waals surface area contributed by atoms with E-state index in [0.29, 0.717) is 0 Å². The van der Waals surface area contributed by atoms with Crippen LogP contribution in [0.25, 0.3) is 16.8 Å². The maximum absolute atomic E-state index is 3.52. The predicted octanol–water partition coefficient (Wildman–Crippen LogP) is 4.23. The van der Waals surface area contributed by atoms with Gasteiger partial charge in [-0.2, -0.15) is 0 Å². The van der Waals surface area contributed by atoms with Gasteiger partial charge >= 0.3 is 0 Å². The Morgan fingerprint density at radius 2 is 1.76 bits per heavy atom. The van der Waals surface area contributed by atoms with Crippen LogP contribution >= 0.6 is 0 Å². The SMILES string of the molecule is C(=C/N1CCCCCCNC1)/c1ccc2ccccc2c1. The van der Waals surface area contributed by atoms with Gasteiger partial charge in [0.1, 0.15) is 0 Å². The number of benzene rings is 2. The van der Waals surface area contributed by atoms with Gasteiger partial charge < -0.3 is 4.90 Å². The quantitative estimate of drug-likeness (QED) is 0.885. The largest absolute Gasteiger partial charge is 0.365 e. The van der Waals surface area contributed by atoms with Crippen molar-refractivity contribution in [2.45, 2.75) is 25.7 Å². The van der Waals surface area contributed by atoms with Gasteiger partial charge in [0.25, 0.3) is 0 Å². The van der Waals surface area contributed by atoms with Crippen LogP contribution in [0.1, 0.15) is 31.2 Å². The van der Waals surface area contributed by atoms with Crippen molar-refractivity contribution in [2.75, 3.05) is 19.8 Å². The van der Waals surface area contributed by atoms with Crippen LogP contribution in [0.15, 0.2) is 48.7 Å². The average molecular weight is 280 g/mol. The lowest BCUT2D eigenvalue weighted by Gasteiger charge is -2.19. The lowest BCUT2D eigenvalue weighted by molar-refractivity contribution is 0.348. The summed E-state index contributed by atoms with van der Waals surface area (Å²) in [4.78, 5) is 2.39. The molecule has 1 N–H and O–H groups in total. The molecule has 0 bridgehead atoms. The molecule has 0 amide bonds. The standard InChI is InChI=1S/C19H24N2/c1-2-6-13-21(16-20-12-5-1)14-11-17-9-10-18-7-3-4-8-19(18)15-17/h3-4,7-11,14-15,20H,1-2,5-6,12-13,16H2/b14-11-. The summed E-state index contributed by atoms with van der Waals surface area (Å²) in [6.07, 6.45) is 9.78. The van der Waals surface area contributed by atoms with E-state index < -0.39 is 0 Å². The Labute approximate surface area is 127 Å². The molecule has 0 aliphatic carbocycles. The number of rotatable bonds is 2. The first-order valence-electron chi connectivity index (χ1n) is 8.04. The van der Waals surface area contributed by atoms with Crippen LogP contribution < -0.4 is 5.32 Å². The van der Waals surface area contributed by atoms with Crippen molar-refractivity contribution < 1.29 is 0 Å². The fourth-order valence-electron chi connectivity index (χ4n) is 2.85. The lowest BCUT2D eigenvalue weighted by Crippen LogP contribution is -2.30. The Hall–Kier alpha value is -1.80. The molecule has 2 aromatic rings. The van der Waals surface area contributed by atoms with E-state index in [1.165, 1.54) is 42.0 Å². The van der Waals surface area contributed by atoms with Crippen LogP contribution in [0.2, 0.25) is 0 Å². The van der Waals surface area contributed by atoms with E-state index >= 15 is 0 Å². The van der Waals surface area contributed by atoms with Crippen molar-refractivity contribution in [1.82, 2.24) is 10.2 Å². The van der Waals surface area contributed by atoms with Gasteiger partial charge in [0.05, 0.1) is 6.67 Å². The Balaban J connectivity index is 1.70. The van der Waals surface area contributed by atoms with Gasteiger partial charge in [-0.1, -0.05) is 49.2 Å². The first-order valence-corrected chi connectivity index (χ1v) is 8.04. The fourth-order valence-corrected chi connectivity index (χ4v) is 2.85. The van der Waals surface area contributed by atoms with Crippen LogP contribution in [0.5, 0.6) is 0 Å². The second kappa shape index (κ2) is 7.28. The number of nitrogens with zero attached hydrogens (tertiary/aromatic N) is 1. The third-order valence-corrected chi connectivity index (χ3v) is 4.12. The molecule has 1 aliphatic rings. The monoisotopic (exact) mass is 280 g/mol. The van der Waals surface area contributed by atoms with Crippen LogP contribution in [0, 0.1) is 0 Å². The van der Waals surface area contributed by atoms with Gasteiger partial charge in [-0.3, -0.25) is 5.32 Å². The molecule has 2 heteroatoms. The number of hydrogen-bond donors (Lipinski definition) is 1. The molecule has 110 valence electrons. The van der Waals surface area contributed by atoms with E-state index in [1.807, 2.05) is 0 Å². The normalized spacial score (nSPS) is 17.6. The Morgan fingerprint density at radius 3 is 2.71 bits per heavy atom. The summed E-state index contributed by atoms with van der Waals surface area (Å²) >= 11 is 0. The maximum Gasteiger partial charge on any atom is 0.0676 e. The third kappa shape index (κ3) is 4.08. The third-order valence-electron chi connectivity index (χ3n) is 4.12. The van der Waals surface area contributed by atoms with Gasteiger partial charge in [0.2, 0.25) is 0 Å². The van der Waals surface area contributed by atoms with E-state index in [1.54, 1.807) is 0 Å². The second-order valence-electron chi connectivity index (χ2n) is 5.81. The molecule has 0 atom stereocenters. The lowest BCUT2D eigenvalue weighted by atomic mass is 10.1. The summed E-state index contributed by atoms with van der Waals surface area (Å²) in [6.45, 7) is 3.25. The predicted molar refractivity (Wildman–Crippen MR) is 91.0 cm³/mol. The zero-order valence-electron chi connectivity index (χ0n) is 12.6. The zero-order valence-corrected chi connectivity index (χ0v) is 12.6. The smallest absolute Gasteiger partial charge is 0.0676 e. The minimum absolute atomic E-state index is 0.962. The van der Waals surface area contributed by atoms with E-state index in [4.69, 9.17) is 0 Å². The van der Waals surface area contributed by atoms with Crippen molar-refractivity contribution in [3.8, 4) is 0 Å². The first kappa shape index (κ1) is 14.2. The Kier molecular flexibility index (Phi) is 4.90. The van der Waals surface area contributed by atoms with Crippen LogP contribution in [0.4, 0.5) is 0 Å². The van der Waals surface area contributed by atoms with Crippen molar-refractivity contribution in [1.29, 1.82) is 0 Å². The van der Waals surface area contributed by atoms with Gasteiger partial charge in [0.15, 0.2) is 0 Å². The molecule has 21 heavy (non-hydrogen) atoms. The highest BCUT2D eigenvalue weighted by molar-refractivity contribution is 5.84. The molecule has 2 nitrogen and oxygen atoms in total. The molecule has 1 fully saturated rings. The molecule has 0 spiro atoms. The molecule has 1 saturated heterocycles. The second-order valence-corrected chi connectivity index (χ2v) is 5.81. The average Bonchev–Trinajstić information content (AvgIpc) is 2.66. The number of fused-ring (bicyclic) bond motifs is 1. The molecule has 1 aliphatic heterocycles. The van der Waals surface area contributed by atoms with E-state index in [9.17, 15) is 0 Å². The Bertz CT molecular complexity index is 593. The van der Waals surface area contributed by atoms with E-state index in [-0.39, 0.29) is 0 Å². The van der Waals surface area contributed by atoms with E-state index in [2.05, 4.69) is 65.0 Å². The summed E-state index contributed by atoms with van der Waals surface area (Å²) < 4.78 is 0. The minimum atomic E-state index is 0.962. The molecule has 0 aromatic heterocycles. The summed E-state index contributed by atoms with van der Waals surface area (Å²) in [5.41, 5.74) is 1.27. The summed E-state index contributed by atoms with van der Waals surface area (Å²) in [5, 5.41) is 6.13. The Morgan fingerprint density at radius 1 is 0.905 bits per heavy atom. The van der Waals surface area contributed by atoms with Crippen LogP contribution in [-0.2, 0) is 0 Å². The minimum Gasteiger partial charge on any atom is -0.365 e. The van der Waals surface area contributed by atoms with Gasteiger partial charge in [-0.05, 0) is 47.9 Å². The van der Waals surface area contributed by atoms with Crippen molar-refractivity contribution in [3.05, 3.63) is 54.2 Å². The van der Waals surface area contributed by atoms with Gasteiger partial charge in [-0.25, -0.2) is 0 Å². The summed E-state index contributed by atoms with van der Waals surface area (Å²) in [6, 6.07) is 15.2. The fraction of sp³-hybridized carbons (Fsp3) is 0.368. The summed E-state index contributed by atoms with van der Waals surface area (Å²) in [7, 11) is 0. The highest BCUT2D eigenvalue weighted by atomic mass is 15.2. The van der Waals surface area contributed by atoms with Crippen LogP contribution in [0.3, 0.4) is 0 Å². The number of nitrogens with one attached hydrogen (secondary N) is 1. The van der Waals surface area contributed by atoms with Crippen LogP contribution in [-0.4, -0.2) is 24.7 Å². The molecular formula is C19H24N2. The van der Waals surface area contributed by atoms with Crippen molar-refractivity contribution >= 4 is 16.8 Å². The maximum atomic E-state index is 3.52. The molecule has 0 unspecified atom stereocenters. The van der Waals surface area contributed by atoms with E-state index in [0.717, 1.165) is 19.8 Å². The van der Waals surface area contributed by atoms with Crippen molar-refractivity contribution in [3.63, 3.8) is 0 Å².